The smallest absolute Gasteiger partial charge is 0.217 e. The summed E-state index contributed by atoms with van der Waals surface area (Å²) in [6.45, 7) is 6.09. The van der Waals surface area contributed by atoms with E-state index in [1.54, 1.807) is 6.08 Å². The molecule has 0 bridgehead atoms. The summed E-state index contributed by atoms with van der Waals surface area (Å²) < 4.78 is 23.7. The highest BCUT2D eigenvalue weighted by Crippen LogP contribution is 2.26. The quantitative estimate of drug-likeness (QED) is 0.522. The van der Waals surface area contributed by atoms with Gasteiger partial charge >= 0.3 is 0 Å². The lowest BCUT2D eigenvalue weighted by Crippen LogP contribution is -2.65. The Labute approximate surface area is 188 Å². The molecular formula is C25H31NO6. The zero-order valence-electron chi connectivity index (χ0n) is 18.3. The van der Waals surface area contributed by atoms with Crippen molar-refractivity contribution in [2.45, 2.75) is 50.8 Å². The fraction of sp³-hybridized carbons (Fsp3) is 0.400. The predicted molar refractivity (Wildman–Crippen MR) is 120 cm³/mol. The number of benzene rings is 2. The molecule has 1 fully saturated rings. The number of aliphatic hydroxyl groups is 1. The monoisotopic (exact) mass is 441 g/mol. The molecule has 1 aliphatic rings. The maximum absolute atomic E-state index is 11.9. The van der Waals surface area contributed by atoms with Crippen molar-refractivity contribution in [2.24, 2.45) is 0 Å². The van der Waals surface area contributed by atoms with Gasteiger partial charge in [-0.05, 0) is 11.1 Å². The lowest BCUT2D eigenvalue weighted by molar-refractivity contribution is -0.281. The Morgan fingerprint density at radius 2 is 1.69 bits per heavy atom. The Morgan fingerprint density at radius 1 is 1.06 bits per heavy atom. The molecule has 2 N–H and O–H groups in total. The molecule has 172 valence electrons. The fourth-order valence-corrected chi connectivity index (χ4v) is 3.58. The van der Waals surface area contributed by atoms with Crippen molar-refractivity contribution >= 4 is 5.91 Å². The largest absolute Gasteiger partial charge is 0.388 e. The molecule has 1 heterocycles. The molecule has 32 heavy (non-hydrogen) atoms. The minimum Gasteiger partial charge on any atom is -0.388 e. The Balaban J connectivity index is 1.71. The number of aliphatic hydroxyl groups excluding tert-OH is 1. The third-order valence-corrected chi connectivity index (χ3v) is 5.10. The number of carbonyl (C=O) groups is 1. The maximum atomic E-state index is 11.9. The van der Waals surface area contributed by atoms with Crippen LogP contribution in [0.1, 0.15) is 18.1 Å². The van der Waals surface area contributed by atoms with Crippen molar-refractivity contribution < 1.29 is 28.8 Å². The van der Waals surface area contributed by atoms with Crippen LogP contribution in [0, 0.1) is 0 Å². The molecule has 0 unspecified atom stereocenters. The number of amides is 1. The van der Waals surface area contributed by atoms with Gasteiger partial charge in [-0.2, -0.15) is 0 Å². The van der Waals surface area contributed by atoms with E-state index in [2.05, 4.69) is 11.9 Å². The predicted octanol–water partition coefficient (Wildman–Crippen LogP) is 2.58. The van der Waals surface area contributed by atoms with Gasteiger partial charge in [0.1, 0.15) is 24.4 Å². The maximum Gasteiger partial charge on any atom is 0.217 e. The van der Waals surface area contributed by atoms with E-state index in [1.807, 2.05) is 60.7 Å². The first-order valence-corrected chi connectivity index (χ1v) is 10.7. The summed E-state index contributed by atoms with van der Waals surface area (Å²) in [4.78, 5) is 11.9. The molecule has 0 aromatic heterocycles. The fourth-order valence-electron chi connectivity index (χ4n) is 3.58. The van der Waals surface area contributed by atoms with E-state index >= 15 is 0 Å². The van der Waals surface area contributed by atoms with Gasteiger partial charge in [0.05, 0.1) is 26.4 Å². The molecule has 0 saturated carbocycles. The molecule has 5 atom stereocenters. The highest BCUT2D eigenvalue weighted by atomic mass is 16.7. The van der Waals surface area contributed by atoms with Crippen LogP contribution in [-0.4, -0.2) is 54.9 Å². The second-order valence-corrected chi connectivity index (χ2v) is 7.64. The van der Waals surface area contributed by atoms with Crippen LogP contribution in [0.5, 0.6) is 0 Å². The van der Waals surface area contributed by atoms with Crippen molar-refractivity contribution in [1.29, 1.82) is 0 Å². The first-order chi connectivity index (χ1) is 15.6. The molecule has 1 aliphatic heterocycles. The van der Waals surface area contributed by atoms with Crippen LogP contribution in [0.4, 0.5) is 0 Å². The zero-order chi connectivity index (χ0) is 22.8. The molecule has 0 radical (unpaired) electrons. The first-order valence-electron chi connectivity index (χ1n) is 10.7. The van der Waals surface area contributed by atoms with E-state index in [4.69, 9.17) is 18.9 Å². The van der Waals surface area contributed by atoms with Crippen LogP contribution >= 0.6 is 0 Å². The summed E-state index contributed by atoms with van der Waals surface area (Å²) in [5, 5.41) is 13.8. The van der Waals surface area contributed by atoms with Crippen LogP contribution in [0.25, 0.3) is 0 Å². The number of carbonyl (C=O) groups excluding carboxylic acids is 1. The number of hydrogen-bond donors (Lipinski definition) is 2. The van der Waals surface area contributed by atoms with Crippen molar-refractivity contribution in [3.63, 3.8) is 0 Å². The third-order valence-electron chi connectivity index (χ3n) is 5.10. The van der Waals surface area contributed by atoms with Gasteiger partial charge in [-0.25, -0.2) is 0 Å². The Bertz CT molecular complexity index is 831. The minimum atomic E-state index is -1.03. The topological polar surface area (TPSA) is 86.2 Å². The SMILES string of the molecule is C=CCO[C@H]1[C@H](O)[C@@H](COCc2ccccc2)O[C@H](OCc2ccccc2)[C@H]1NC(C)=O. The molecule has 0 spiro atoms. The first kappa shape index (κ1) is 24.1. The van der Waals surface area contributed by atoms with E-state index in [1.165, 1.54) is 6.92 Å². The van der Waals surface area contributed by atoms with Crippen molar-refractivity contribution in [1.82, 2.24) is 5.32 Å². The van der Waals surface area contributed by atoms with E-state index in [0.29, 0.717) is 6.61 Å². The molecule has 3 rings (SSSR count). The summed E-state index contributed by atoms with van der Waals surface area (Å²) in [5.74, 6) is -0.273. The Morgan fingerprint density at radius 3 is 2.28 bits per heavy atom. The number of ether oxygens (including phenoxy) is 4. The van der Waals surface area contributed by atoms with E-state index in [-0.39, 0.29) is 25.7 Å². The van der Waals surface area contributed by atoms with Gasteiger partial charge in [0.15, 0.2) is 6.29 Å². The number of rotatable bonds is 11. The molecule has 0 aliphatic carbocycles. The third kappa shape index (κ3) is 6.98. The average molecular weight is 442 g/mol. The van der Waals surface area contributed by atoms with Gasteiger partial charge in [-0.15, -0.1) is 6.58 Å². The zero-order valence-corrected chi connectivity index (χ0v) is 18.3. The highest BCUT2D eigenvalue weighted by Gasteiger charge is 2.47. The Kier molecular flexibility index (Phi) is 9.40. The molecule has 2 aromatic rings. The lowest BCUT2D eigenvalue weighted by atomic mass is 9.96. The van der Waals surface area contributed by atoms with Crippen molar-refractivity contribution in [2.75, 3.05) is 13.2 Å². The lowest BCUT2D eigenvalue weighted by Gasteiger charge is -2.44. The number of hydrogen-bond acceptors (Lipinski definition) is 6. The van der Waals surface area contributed by atoms with Gasteiger partial charge in [0.25, 0.3) is 0 Å². The van der Waals surface area contributed by atoms with E-state index in [9.17, 15) is 9.90 Å². The van der Waals surface area contributed by atoms with Crippen LogP contribution in [0.15, 0.2) is 73.3 Å². The summed E-state index contributed by atoms with van der Waals surface area (Å²) in [6.07, 6.45) is -1.72. The van der Waals surface area contributed by atoms with Gasteiger partial charge in [-0.3, -0.25) is 4.79 Å². The molecule has 7 nitrogen and oxygen atoms in total. The van der Waals surface area contributed by atoms with Gasteiger partial charge < -0.3 is 29.4 Å². The Hall–Kier alpha value is -2.55. The standard InChI is InChI=1S/C25H31NO6/c1-3-14-30-24-22(26-18(2)27)25(31-16-20-12-8-5-9-13-20)32-21(23(24)28)17-29-15-19-10-6-4-7-11-19/h3-13,21-25,28H,1,14-17H2,2H3,(H,26,27)/t21-,22+,23-,24-,25+/m1/s1. The normalized spacial score (nSPS) is 25.2. The second-order valence-electron chi connectivity index (χ2n) is 7.64. The van der Waals surface area contributed by atoms with Gasteiger partial charge in [0.2, 0.25) is 5.91 Å². The molecule has 1 amide bonds. The van der Waals surface area contributed by atoms with Gasteiger partial charge in [0, 0.05) is 6.92 Å². The summed E-state index contributed by atoms with van der Waals surface area (Å²) in [7, 11) is 0. The van der Waals surface area contributed by atoms with Crippen molar-refractivity contribution in [3.05, 3.63) is 84.4 Å². The molecule has 2 aromatic carbocycles. The van der Waals surface area contributed by atoms with E-state index < -0.39 is 30.6 Å². The van der Waals surface area contributed by atoms with Crippen LogP contribution in [0.3, 0.4) is 0 Å². The molecule has 7 heteroatoms. The summed E-state index contributed by atoms with van der Waals surface area (Å²) in [5.41, 5.74) is 1.98. The van der Waals surface area contributed by atoms with E-state index in [0.717, 1.165) is 11.1 Å². The van der Waals surface area contributed by atoms with Crippen LogP contribution in [0.2, 0.25) is 0 Å². The van der Waals surface area contributed by atoms with Crippen LogP contribution < -0.4 is 5.32 Å². The van der Waals surface area contributed by atoms with Crippen LogP contribution in [-0.2, 0) is 37.0 Å². The minimum absolute atomic E-state index is 0.141. The summed E-state index contributed by atoms with van der Waals surface area (Å²) in [6, 6.07) is 18.7. The average Bonchev–Trinajstić information content (AvgIpc) is 2.80. The number of nitrogens with one attached hydrogen (secondary N) is 1. The van der Waals surface area contributed by atoms with Crippen molar-refractivity contribution in [3.8, 4) is 0 Å². The molecule has 1 saturated heterocycles. The molecular weight excluding hydrogens is 410 g/mol. The van der Waals surface area contributed by atoms with Gasteiger partial charge in [-0.1, -0.05) is 66.7 Å². The summed E-state index contributed by atoms with van der Waals surface area (Å²) >= 11 is 0. The highest BCUT2D eigenvalue weighted by molar-refractivity contribution is 5.73. The second kappa shape index (κ2) is 12.5.